The Bertz CT molecular complexity index is 512. The Hall–Kier alpha value is -1.40. The van der Waals surface area contributed by atoms with Crippen molar-refractivity contribution in [1.82, 2.24) is 14.7 Å². The molecule has 0 spiro atoms. The van der Waals surface area contributed by atoms with Crippen LogP contribution in [0.3, 0.4) is 0 Å². The molecule has 2 saturated heterocycles. The number of aromatic nitrogens is 2. The third-order valence-electron chi connectivity index (χ3n) is 4.94. The van der Waals surface area contributed by atoms with E-state index in [1.807, 2.05) is 35.7 Å². The van der Waals surface area contributed by atoms with Gasteiger partial charge in [0.05, 0.1) is 18.8 Å². The van der Waals surface area contributed by atoms with Crippen molar-refractivity contribution >= 4 is 5.91 Å². The summed E-state index contributed by atoms with van der Waals surface area (Å²) in [5.41, 5.74) is 0. The van der Waals surface area contributed by atoms with Crippen molar-refractivity contribution in [2.45, 2.75) is 57.8 Å². The lowest BCUT2D eigenvalue weighted by Gasteiger charge is -2.36. The molecule has 0 radical (unpaired) electrons. The van der Waals surface area contributed by atoms with Crippen molar-refractivity contribution in [3.63, 3.8) is 0 Å². The number of nitrogens with zero attached hydrogens (tertiary/aromatic N) is 3. The van der Waals surface area contributed by atoms with E-state index in [4.69, 9.17) is 9.47 Å². The Kier molecular flexibility index (Phi) is 5.89. The number of piperidine rings is 1. The van der Waals surface area contributed by atoms with Crippen molar-refractivity contribution in [2.75, 3.05) is 26.3 Å². The first kappa shape index (κ1) is 17.4. The molecule has 0 N–H and O–H groups in total. The zero-order valence-electron chi connectivity index (χ0n) is 14.8. The van der Waals surface area contributed by atoms with Gasteiger partial charge in [0.2, 0.25) is 0 Å². The quantitative estimate of drug-likeness (QED) is 0.800. The van der Waals surface area contributed by atoms with Crippen LogP contribution in [0.25, 0.3) is 0 Å². The molecule has 134 valence electrons. The van der Waals surface area contributed by atoms with E-state index in [-0.39, 0.29) is 30.1 Å². The highest BCUT2D eigenvalue weighted by Gasteiger charge is 2.32. The standard InChI is InChI=1S/C18H29N3O3/c1-14(2)17(24-13-16-7-4-11-23-16)18(22)20-9-3-6-15(12-20)21-10-5-8-19-21/h5,8,10,14-17H,3-4,6-7,9,11-13H2,1-2H3. The monoisotopic (exact) mass is 335 g/mol. The second kappa shape index (κ2) is 8.12. The van der Waals surface area contributed by atoms with Gasteiger partial charge in [0.1, 0.15) is 6.10 Å². The van der Waals surface area contributed by atoms with Crippen molar-refractivity contribution in [2.24, 2.45) is 5.92 Å². The lowest BCUT2D eigenvalue weighted by atomic mass is 10.0. The number of hydrogen-bond donors (Lipinski definition) is 0. The summed E-state index contributed by atoms with van der Waals surface area (Å²) in [4.78, 5) is 14.9. The van der Waals surface area contributed by atoms with E-state index in [1.165, 1.54) is 0 Å². The molecule has 0 aliphatic carbocycles. The van der Waals surface area contributed by atoms with Crippen LogP contribution in [0.4, 0.5) is 0 Å². The zero-order valence-corrected chi connectivity index (χ0v) is 14.8. The van der Waals surface area contributed by atoms with Gasteiger partial charge in [0.25, 0.3) is 5.91 Å². The molecule has 1 aromatic heterocycles. The SMILES string of the molecule is CC(C)C(OCC1CCCO1)C(=O)N1CCCC(n2cccn2)C1. The van der Waals surface area contributed by atoms with Crippen LogP contribution in [0.5, 0.6) is 0 Å². The molecule has 0 bridgehead atoms. The first-order valence-electron chi connectivity index (χ1n) is 9.16. The van der Waals surface area contributed by atoms with Gasteiger partial charge in [0.15, 0.2) is 0 Å². The van der Waals surface area contributed by atoms with Crippen molar-refractivity contribution in [3.05, 3.63) is 18.5 Å². The molecule has 3 atom stereocenters. The number of carbonyl (C=O) groups excluding carboxylic acids is 1. The van der Waals surface area contributed by atoms with E-state index in [1.54, 1.807) is 6.20 Å². The zero-order chi connectivity index (χ0) is 16.9. The fourth-order valence-electron chi connectivity index (χ4n) is 3.58. The maximum atomic E-state index is 13.0. The maximum Gasteiger partial charge on any atom is 0.252 e. The van der Waals surface area contributed by atoms with Crippen LogP contribution in [0.1, 0.15) is 45.6 Å². The van der Waals surface area contributed by atoms with Gasteiger partial charge in [-0.15, -0.1) is 0 Å². The van der Waals surface area contributed by atoms with Crippen molar-refractivity contribution in [3.8, 4) is 0 Å². The summed E-state index contributed by atoms with van der Waals surface area (Å²) >= 11 is 0. The van der Waals surface area contributed by atoms with Gasteiger partial charge in [-0.2, -0.15) is 5.10 Å². The van der Waals surface area contributed by atoms with Crippen LogP contribution in [0.2, 0.25) is 0 Å². The number of likely N-dealkylation sites (tertiary alicyclic amines) is 1. The molecule has 0 saturated carbocycles. The van der Waals surface area contributed by atoms with Crippen LogP contribution in [-0.4, -0.2) is 59.1 Å². The second-order valence-corrected chi connectivity index (χ2v) is 7.20. The largest absolute Gasteiger partial charge is 0.376 e. The molecular formula is C18H29N3O3. The fraction of sp³-hybridized carbons (Fsp3) is 0.778. The van der Waals surface area contributed by atoms with Gasteiger partial charge in [0, 0.05) is 32.1 Å². The van der Waals surface area contributed by atoms with Crippen LogP contribution >= 0.6 is 0 Å². The predicted molar refractivity (Wildman–Crippen MR) is 90.6 cm³/mol. The summed E-state index contributed by atoms with van der Waals surface area (Å²) in [6.45, 7) is 6.95. The molecule has 2 aliphatic heterocycles. The van der Waals surface area contributed by atoms with E-state index < -0.39 is 0 Å². The second-order valence-electron chi connectivity index (χ2n) is 7.20. The summed E-state index contributed by atoms with van der Waals surface area (Å²) < 4.78 is 13.6. The fourth-order valence-corrected chi connectivity index (χ4v) is 3.58. The van der Waals surface area contributed by atoms with Crippen molar-refractivity contribution in [1.29, 1.82) is 0 Å². The molecule has 1 aromatic rings. The Morgan fingerprint density at radius 3 is 2.92 bits per heavy atom. The third-order valence-corrected chi connectivity index (χ3v) is 4.94. The topological polar surface area (TPSA) is 56.6 Å². The average molecular weight is 335 g/mol. The summed E-state index contributed by atoms with van der Waals surface area (Å²) in [5.74, 6) is 0.267. The third kappa shape index (κ3) is 4.16. The molecule has 24 heavy (non-hydrogen) atoms. The van der Waals surface area contributed by atoms with Crippen LogP contribution in [-0.2, 0) is 14.3 Å². The smallest absolute Gasteiger partial charge is 0.252 e. The average Bonchev–Trinajstić information content (AvgIpc) is 3.28. The highest BCUT2D eigenvalue weighted by Crippen LogP contribution is 2.23. The summed E-state index contributed by atoms with van der Waals surface area (Å²) in [5, 5.41) is 4.33. The first-order valence-corrected chi connectivity index (χ1v) is 9.16. The van der Waals surface area contributed by atoms with Crippen LogP contribution in [0, 0.1) is 5.92 Å². The number of ether oxygens (including phenoxy) is 2. The molecular weight excluding hydrogens is 306 g/mol. The molecule has 1 amide bonds. The summed E-state index contributed by atoms with van der Waals surface area (Å²) in [6, 6.07) is 2.20. The predicted octanol–water partition coefficient (Wildman–Crippen LogP) is 2.27. The number of rotatable bonds is 6. The molecule has 0 aromatic carbocycles. The first-order chi connectivity index (χ1) is 11.6. The lowest BCUT2D eigenvalue weighted by Crippen LogP contribution is -2.48. The summed E-state index contributed by atoms with van der Waals surface area (Å²) in [6.07, 6.45) is 7.73. The van der Waals surface area contributed by atoms with Gasteiger partial charge in [-0.25, -0.2) is 0 Å². The highest BCUT2D eigenvalue weighted by atomic mass is 16.5. The van der Waals surface area contributed by atoms with Crippen LogP contribution in [0.15, 0.2) is 18.5 Å². The van der Waals surface area contributed by atoms with Crippen LogP contribution < -0.4 is 0 Å². The number of amides is 1. The van der Waals surface area contributed by atoms with E-state index >= 15 is 0 Å². The Morgan fingerprint density at radius 2 is 2.25 bits per heavy atom. The molecule has 3 rings (SSSR count). The Morgan fingerprint density at radius 1 is 1.38 bits per heavy atom. The minimum absolute atomic E-state index is 0.111. The van der Waals surface area contributed by atoms with Gasteiger partial charge in [-0.3, -0.25) is 9.48 Å². The van der Waals surface area contributed by atoms with E-state index in [0.717, 1.165) is 38.8 Å². The Labute approximate surface area is 144 Å². The summed E-state index contributed by atoms with van der Waals surface area (Å²) in [7, 11) is 0. The number of hydrogen-bond acceptors (Lipinski definition) is 4. The minimum atomic E-state index is -0.384. The molecule has 2 aliphatic rings. The van der Waals surface area contributed by atoms with E-state index in [0.29, 0.717) is 13.2 Å². The molecule has 6 nitrogen and oxygen atoms in total. The van der Waals surface area contributed by atoms with Crippen molar-refractivity contribution < 1.29 is 14.3 Å². The van der Waals surface area contributed by atoms with Gasteiger partial charge < -0.3 is 14.4 Å². The Balaban J connectivity index is 1.58. The minimum Gasteiger partial charge on any atom is -0.376 e. The highest BCUT2D eigenvalue weighted by molar-refractivity contribution is 5.81. The molecule has 3 heterocycles. The molecule has 3 unspecified atom stereocenters. The lowest BCUT2D eigenvalue weighted by molar-refractivity contribution is -0.151. The molecule has 6 heteroatoms. The number of carbonyl (C=O) groups is 1. The van der Waals surface area contributed by atoms with E-state index in [2.05, 4.69) is 5.10 Å². The van der Waals surface area contributed by atoms with Gasteiger partial charge >= 0.3 is 0 Å². The van der Waals surface area contributed by atoms with Gasteiger partial charge in [-0.05, 0) is 37.7 Å². The normalized spacial score (nSPS) is 26.0. The maximum absolute atomic E-state index is 13.0. The van der Waals surface area contributed by atoms with Gasteiger partial charge in [-0.1, -0.05) is 13.8 Å². The van der Waals surface area contributed by atoms with E-state index in [9.17, 15) is 4.79 Å². The molecule has 2 fully saturated rings.